The number of morpholine rings is 1. The van der Waals surface area contributed by atoms with Crippen LogP contribution in [-0.4, -0.2) is 56.1 Å². The van der Waals surface area contributed by atoms with Gasteiger partial charge in [0, 0.05) is 43.9 Å². The monoisotopic (exact) mass is 393 g/mol. The van der Waals surface area contributed by atoms with E-state index in [0.29, 0.717) is 18.5 Å². The predicted molar refractivity (Wildman–Crippen MR) is 112 cm³/mol. The van der Waals surface area contributed by atoms with Crippen molar-refractivity contribution < 1.29 is 14.3 Å². The van der Waals surface area contributed by atoms with Gasteiger partial charge in [-0.05, 0) is 30.2 Å². The Morgan fingerprint density at radius 1 is 1.03 bits per heavy atom. The van der Waals surface area contributed by atoms with Crippen molar-refractivity contribution in [3.63, 3.8) is 0 Å². The molecule has 2 saturated heterocycles. The zero-order chi connectivity index (χ0) is 20.1. The second kappa shape index (κ2) is 9.20. The van der Waals surface area contributed by atoms with Crippen molar-refractivity contribution in [1.82, 2.24) is 10.2 Å². The molecule has 0 aromatic heterocycles. The summed E-state index contributed by atoms with van der Waals surface area (Å²) in [5, 5.41) is 3.20. The highest BCUT2D eigenvalue weighted by Crippen LogP contribution is 2.23. The van der Waals surface area contributed by atoms with Crippen LogP contribution < -0.4 is 10.2 Å². The Morgan fingerprint density at radius 2 is 1.83 bits per heavy atom. The standard InChI is InChI=1S/C23H27N3O3/c27-22-10-5-11-26(22)20-9-4-8-19(16-20)23(28)24-21(18-6-2-1-3-7-18)17-25-12-14-29-15-13-25/h1-4,6-9,16,21H,5,10-15,17H2,(H,24,28). The molecule has 0 spiro atoms. The number of hydrogen-bond acceptors (Lipinski definition) is 4. The van der Waals surface area contributed by atoms with Gasteiger partial charge in [0.2, 0.25) is 5.91 Å². The maximum absolute atomic E-state index is 13.1. The van der Waals surface area contributed by atoms with Gasteiger partial charge in [0.05, 0.1) is 19.3 Å². The van der Waals surface area contributed by atoms with Crippen LogP contribution in [-0.2, 0) is 9.53 Å². The fourth-order valence-electron chi connectivity index (χ4n) is 3.94. The Labute approximate surface area is 171 Å². The number of carbonyl (C=O) groups is 2. The molecule has 2 aromatic carbocycles. The first-order valence-electron chi connectivity index (χ1n) is 10.3. The summed E-state index contributed by atoms with van der Waals surface area (Å²) in [6.45, 7) is 4.64. The highest BCUT2D eigenvalue weighted by Gasteiger charge is 2.24. The number of benzene rings is 2. The molecule has 29 heavy (non-hydrogen) atoms. The molecule has 2 aliphatic rings. The number of rotatable bonds is 6. The zero-order valence-electron chi connectivity index (χ0n) is 16.5. The molecule has 0 radical (unpaired) electrons. The normalized spacial score (nSPS) is 18.6. The molecule has 1 N–H and O–H groups in total. The smallest absolute Gasteiger partial charge is 0.251 e. The van der Waals surface area contributed by atoms with Gasteiger partial charge in [-0.1, -0.05) is 36.4 Å². The molecule has 4 rings (SSSR count). The minimum absolute atomic E-state index is 0.112. The van der Waals surface area contributed by atoms with E-state index >= 15 is 0 Å². The summed E-state index contributed by atoms with van der Waals surface area (Å²) in [7, 11) is 0. The number of amides is 2. The largest absolute Gasteiger partial charge is 0.379 e. The number of nitrogens with zero attached hydrogens (tertiary/aromatic N) is 2. The Balaban J connectivity index is 1.50. The molecule has 0 bridgehead atoms. The second-order valence-corrected chi connectivity index (χ2v) is 7.55. The zero-order valence-corrected chi connectivity index (χ0v) is 16.5. The summed E-state index contributed by atoms with van der Waals surface area (Å²) in [5.74, 6) is -0.00218. The van der Waals surface area contributed by atoms with Crippen LogP contribution in [0, 0.1) is 0 Å². The van der Waals surface area contributed by atoms with Crippen LogP contribution in [0.5, 0.6) is 0 Å². The summed E-state index contributed by atoms with van der Waals surface area (Å²) in [5.41, 5.74) is 2.45. The van der Waals surface area contributed by atoms with E-state index in [1.54, 1.807) is 11.0 Å². The lowest BCUT2D eigenvalue weighted by Gasteiger charge is -2.31. The van der Waals surface area contributed by atoms with Crippen LogP contribution in [0.4, 0.5) is 5.69 Å². The van der Waals surface area contributed by atoms with Crippen molar-refractivity contribution in [3.05, 3.63) is 65.7 Å². The lowest BCUT2D eigenvalue weighted by molar-refractivity contribution is -0.117. The van der Waals surface area contributed by atoms with Crippen LogP contribution in [0.3, 0.4) is 0 Å². The first-order chi connectivity index (χ1) is 14.2. The third-order valence-electron chi connectivity index (χ3n) is 5.55. The van der Waals surface area contributed by atoms with Crippen LogP contribution in [0.1, 0.15) is 34.8 Å². The second-order valence-electron chi connectivity index (χ2n) is 7.55. The highest BCUT2D eigenvalue weighted by molar-refractivity contribution is 5.99. The third-order valence-corrected chi connectivity index (χ3v) is 5.55. The van der Waals surface area contributed by atoms with Gasteiger partial charge < -0.3 is 15.0 Å². The molecule has 152 valence electrons. The molecule has 2 fully saturated rings. The maximum atomic E-state index is 13.1. The molecule has 2 amide bonds. The summed E-state index contributed by atoms with van der Waals surface area (Å²) >= 11 is 0. The van der Waals surface area contributed by atoms with E-state index in [4.69, 9.17) is 4.74 Å². The summed E-state index contributed by atoms with van der Waals surface area (Å²) in [4.78, 5) is 29.2. The van der Waals surface area contributed by atoms with Gasteiger partial charge in [0.25, 0.3) is 5.91 Å². The Hall–Kier alpha value is -2.70. The van der Waals surface area contributed by atoms with Crippen molar-refractivity contribution in [2.45, 2.75) is 18.9 Å². The van der Waals surface area contributed by atoms with E-state index in [0.717, 1.165) is 50.5 Å². The predicted octanol–water partition coefficient (Wildman–Crippen LogP) is 2.62. The lowest BCUT2D eigenvalue weighted by atomic mass is 10.0. The molecule has 0 aliphatic carbocycles. The lowest BCUT2D eigenvalue weighted by Crippen LogP contribution is -2.43. The fraction of sp³-hybridized carbons (Fsp3) is 0.391. The molecule has 2 aromatic rings. The van der Waals surface area contributed by atoms with Crippen LogP contribution in [0.15, 0.2) is 54.6 Å². The van der Waals surface area contributed by atoms with Gasteiger partial charge in [0.15, 0.2) is 0 Å². The molecule has 2 heterocycles. The van der Waals surface area contributed by atoms with Crippen LogP contribution in [0.25, 0.3) is 0 Å². The number of carbonyl (C=O) groups excluding carboxylic acids is 2. The first kappa shape index (κ1) is 19.6. The quantitative estimate of drug-likeness (QED) is 0.820. The minimum Gasteiger partial charge on any atom is -0.379 e. The van der Waals surface area contributed by atoms with E-state index in [2.05, 4.69) is 10.2 Å². The summed E-state index contributed by atoms with van der Waals surface area (Å²) < 4.78 is 5.45. The van der Waals surface area contributed by atoms with Gasteiger partial charge in [-0.25, -0.2) is 0 Å². The van der Waals surface area contributed by atoms with Gasteiger partial charge in [-0.2, -0.15) is 0 Å². The number of nitrogens with one attached hydrogen (secondary N) is 1. The topological polar surface area (TPSA) is 61.9 Å². The van der Waals surface area contributed by atoms with Gasteiger partial charge >= 0.3 is 0 Å². The molecular weight excluding hydrogens is 366 g/mol. The van der Waals surface area contributed by atoms with Gasteiger partial charge in [-0.3, -0.25) is 14.5 Å². The van der Waals surface area contributed by atoms with Crippen molar-refractivity contribution in [2.75, 3.05) is 44.3 Å². The molecular formula is C23H27N3O3. The Kier molecular flexibility index (Phi) is 6.22. The van der Waals surface area contributed by atoms with E-state index in [-0.39, 0.29) is 17.9 Å². The first-order valence-corrected chi connectivity index (χ1v) is 10.3. The van der Waals surface area contributed by atoms with E-state index in [1.165, 1.54) is 0 Å². The SMILES string of the molecule is O=C(NC(CN1CCOCC1)c1ccccc1)c1cccc(N2CCCC2=O)c1. The van der Waals surface area contributed by atoms with Crippen molar-refractivity contribution in [3.8, 4) is 0 Å². The molecule has 6 heteroatoms. The van der Waals surface area contributed by atoms with E-state index < -0.39 is 0 Å². The van der Waals surface area contributed by atoms with Crippen molar-refractivity contribution in [2.24, 2.45) is 0 Å². The minimum atomic E-state index is -0.124. The fourth-order valence-corrected chi connectivity index (χ4v) is 3.94. The van der Waals surface area contributed by atoms with Crippen molar-refractivity contribution in [1.29, 1.82) is 0 Å². The molecule has 6 nitrogen and oxygen atoms in total. The maximum Gasteiger partial charge on any atom is 0.251 e. The van der Waals surface area contributed by atoms with Crippen molar-refractivity contribution >= 4 is 17.5 Å². The Bertz CT molecular complexity index is 849. The van der Waals surface area contributed by atoms with Gasteiger partial charge in [0.1, 0.15) is 0 Å². The highest BCUT2D eigenvalue weighted by atomic mass is 16.5. The summed E-state index contributed by atoms with van der Waals surface area (Å²) in [6.07, 6.45) is 1.44. The summed E-state index contributed by atoms with van der Waals surface area (Å²) in [6, 6.07) is 17.3. The molecule has 2 aliphatic heterocycles. The number of anilines is 1. The number of hydrogen-bond donors (Lipinski definition) is 1. The average Bonchev–Trinajstić information content (AvgIpc) is 3.20. The van der Waals surface area contributed by atoms with E-state index in [1.807, 2.05) is 48.5 Å². The molecule has 1 unspecified atom stereocenters. The number of ether oxygens (including phenoxy) is 1. The third kappa shape index (κ3) is 4.83. The van der Waals surface area contributed by atoms with Crippen LogP contribution >= 0.6 is 0 Å². The van der Waals surface area contributed by atoms with Gasteiger partial charge in [-0.15, -0.1) is 0 Å². The average molecular weight is 393 g/mol. The molecule has 1 atom stereocenters. The molecule has 0 saturated carbocycles. The Morgan fingerprint density at radius 3 is 2.55 bits per heavy atom. The van der Waals surface area contributed by atoms with Crippen LogP contribution in [0.2, 0.25) is 0 Å². The van der Waals surface area contributed by atoms with E-state index in [9.17, 15) is 9.59 Å².